The van der Waals surface area contributed by atoms with E-state index in [0.29, 0.717) is 23.6 Å². The Hall–Kier alpha value is -2.87. The van der Waals surface area contributed by atoms with Gasteiger partial charge < -0.3 is 4.74 Å². The van der Waals surface area contributed by atoms with Gasteiger partial charge in [-0.05, 0) is 43.3 Å². The summed E-state index contributed by atoms with van der Waals surface area (Å²) in [7, 11) is 1.57. The highest BCUT2D eigenvalue weighted by molar-refractivity contribution is 7.16. The smallest absolute Gasteiger partial charge is 0.257 e. The molecule has 3 aromatic rings. The fourth-order valence-electron chi connectivity index (χ4n) is 2.32. The van der Waals surface area contributed by atoms with Gasteiger partial charge >= 0.3 is 0 Å². The van der Waals surface area contributed by atoms with Gasteiger partial charge in [0.15, 0.2) is 22.6 Å². The van der Waals surface area contributed by atoms with Crippen LogP contribution in [0.15, 0.2) is 36.4 Å². The number of anilines is 1. The van der Waals surface area contributed by atoms with E-state index in [1.165, 1.54) is 11.3 Å². The Labute approximate surface area is 151 Å². The van der Waals surface area contributed by atoms with Crippen LogP contribution in [0.1, 0.15) is 15.2 Å². The number of thiazole rings is 1. The molecule has 1 amide bonds. The molecule has 1 aromatic heterocycles. The Morgan fingerprint density at radius 3 is 2.31 bits per heavy atom. The minimum absolute atomic E-state index is 0.267. The lowest BCUT2D eigenvalue weighted by molar-refractivity contribution is 0.102. The van der Waals surface area contributed by atoms with Crippen LogP contribution in [-0.2, 0) is 0 Å². The van der Waals surface area contributed by atoms with Gasteiger partial charge in [0.2, 0.25) is 0 Å². The summed E-state index contributed by atoms with van der Waals surface area (Å²) in [5.74, 6) is -4.55. The number of hydrogen-bond acceptors (Lipinski definition) is 4. The highest BCUT2D eigenvalue weighted by atomic mass is 32.1. The number of amides is 1. The maximum absolute atomic E-state index is 13.3. The minimum Gasteiger partial charge on any atom is -0.497 e. The lowest BCUT2D eigenvalue weighted by atomic mass is 10.1. The van der Waals surface area contributed by atoms with Crippen LogP contribution in [0.2, 0.25) is 0 Å². The van der Waals surface area contributed by atoms with E-state index in [-0.39, 0.29) is 10.7 Å². The molecule has 2 aromatic carbocycles. The molecule has 0 atom stereocenters. The van der Waals surface area contributed by atoms with Crippen LogP contribution in [0.5, 0.6) is 5.75 Å². The van der Waals surface area contributed by atoms with Gasteiger partial charge in [0.1, 0.15) is 5.75 Å². The zero-order chi connectivity index (χ0) is 18.8. The first-order valence-corrected chi connectivity index (χ1v) is 8.28. The van der Waals surface area contributed by atoms with Crippen LogP contribution in [0.25, 0.3) is 11.3 Å². The number of aryl methyl sites for hydroxylation is 1. The van der Waals surface area contributed by atoms with Crippen LogP contribution in [0, 0.1) is 24.4 Å². The highest BCUT2D eigenvalue weighted by Gasteiger charge is 2.17. The molecule has 1 heterocycles. The number of hydrogen-bond donors (Lipinski definition) is 1. The van der Waals surface area contributed by atoms with Gasteiger partial charge in [-0.1, -0.05) is 0 Å². The van der Waals surface area contributed by atoms with Gasteiger partial charge in [0, 0.05) is 16.0 Å². The fraction of sp³-hybridized carbons (Fsp3) is 0.111. The number of nitrogens with one attached hydrogen (secondary N) is 1. The Morgan fingerprint density at radius 1 is 1.12 bits per heavy atom. The van der Waals surface area contributed by atoms with Gasteiger partial charge in [0.25, 0.3) is 5.91 Å². The number of ether oxygens (including phenoxy) is 1. The van der Waals surface area contributed by atoms with Crippen molar-refractivity contribution in [3.05, 3.63) is 64.3 Å². The normalized spacial score (nSPS) is 10.7. The van der Waals surface area contributed by atoms with Gasteiger partial charge in [-0.15, -0.1) is 11.3 Å². The lowest BCUT2D eigenvalue weighted by Crippen LogP contribution is -2.13. The number of methoxy groups -OCH3 is 1. The molecule has 0 saturated heterocycles. The molecule has 0 radical (unpaired) electrons. The maximum atomic E-state index is 13.3. The Kier molecular flexibility index (Phi) is 4.94. The standard InChI is InChI=1S/C18H13F3N2O2S/c1-9-16(10-3-5-12(25-2)6-4-10)22-18(26-9)23-17(24)11-7-13(19)15(21)14(20)8-11/h3-8H,1-2H3,(H,22,23,24). The third-order valence-corrected chi connectivity index (χ3v) is 4.51. The van der Waals surface area contributed by atoms with Crippen LogP contribution in [0.3, 0.4) is 0 Å². The van der Waals surface area contributed by atoms with Crippen LogP contribution < -0.4 is 10.1 Å². The molecule has 0 aliphatic carbocycles. The molecule has 26 heavy (non-hydrogen) atoms. The molecular formula is C18H13F3N2O2S. The fourth-order valence-corrected chi connectivity index (χ4v) is 3.15. The summed E-state index contributed by atoms with van der Waals surface area (Å²) >= 11 is 1.22. The molecule has 3 rings (SSSR count). The summed E-state index contributed by atoms with van der Waals surface area (Å²) < 4.78 is 44.6. The van der Waals surface area contributed by atoms with Crippen molar-refractivity contribution in [3.63, 3.8) is 0 Å². The molecule has 0 spiro atoms. The SMILES string of the molecule is COc1ccc(-c2nc(NC(=O)c3cc(F)c(F)c(F)c3)sc2C)cc1. The average Bonchev–Trinajstić information content (AvgIpc) is 2.99. The third-order valence-electron chi connectivity index (χ3n) is 3.63. The zero-order valence-electron chi connectivity index (χ0n) is 13.8. The molecule has 0 unspecified atom stereocenters. The van der Waals surface area contributed by atoms with Crippen molar-refractivity contribution in [2.24, 2.45) is 0 Å². The maximum Gasteiger partial charge on any atom is 0.257 e. The number of nitrogens with zero attached hydrogens (tertiary/aromatic N) is 1. The van der Waals surface area contributed by atoms with E-state index < -0.39 is 23.4 Å². The second-order valence-corrected chi connectivity index (χ2v) is 6.56. The summed E-state index contributed by atoms with van der Waals surface area (Å²) in [6.07, 6.45) is 0. The number of aromatic nitrogens is 1. The summed E-state index contributed by atoms with van der Waals surface area (Å²) in [5.41, 5.74) is 1.17. The van der Waals surface area contributed by atoms with Gasteiger partial charge in [-0.3, -0.25) is 10.1 Å². The monoisotopic (exact) mass is 378 g/mol. The molecular weight excluding hydrogens is 365 g/mol. The quantitative estimate of drug-likeness (QED) is 0.664. The van der Waals surface area contributed by atoms with Crippen molar-refractivity contribution in [3.8, 4) is 17.0 Å². The summed E-state index contributed by atoms with van der Waals surface area (Å²) in [4.78, 5) is 17.4. The van der Waals surface area contributed by atoms with E-state index in [9.17, 15) is 18.0 Å². The van der Waals surface area contributed by atoms with E-state index in [0.717, 1.165) is 10.4 Å². The largest absolute Gasteiger partial charge is 0.497 e. The third kappa shape index (κ3) is 3.55. The molecule has 0 fully saturated rings. The van der Waals surface area contributed by atoms with Crippen LogP contribution in [-0.4, -0.2) is 18.0 Å². The van der Waals surface area contributed by atoms with Crippen molar-refractivity contribution in [2.45, 2.75) is 6.92 Å². The summed E-state index contributed by atoms with van der Waals surface area (Å²) in [6, 6.07) is 8.51. The first-order chi connectivity index (χ1) is 12.4. The predicted octanol–water partition coefficient (Wildman–Crippen LogP) is 4.80. The molecule has 0 aliphatic rings. The lowest BCUT2D eigenvalue weighted by Gasteiger charge is -2.03. The van der Waals surface area contributed by atoms with Gasteiger partial charge in [-0.2, -0.15) is 0 Å². The second-order valence-electron chi connectivity index (χ2n) is 5.36. The van der Waals surface area contributed by atoms with Crippen LogP contribution in [0.4, 0.5) is 18.3 Å². The number of carbonyl (C=O) groups is 1. The van der Waals surface area contributed by atoms with Crippen molar-refractivity contribution < 1.29 is 22.7 Å². The predicted molar refractivity (Wildman–Crippen MR) is 93.1 cm³/mol. The topological polar surface area (TPSA) is 51.2 Å². The molecule has 0 bridgehead atoms. The summed E-state index contributed by atoms with van der Waals surface area (Å²) in [5, 5.41) is 2.74. The van der Waals surface area contributed by atoms with E-state index in [1.54, 1.807) is 19.2 Å². The molecule has 4 nitrogen and oxygen atoms in total. The van der Waals surface area contributed by atoms with Crippen LogP contribution >= 0.6 is 11.3 Å². The Morgan fingerprint density at radius 2 is 1.73 bits per heavy atom. The highest BCUT2D eigenvalue weighted by Crippen LogP contribution is 2.31. The van der Waals surface area contributed by atoms with E-state index >= 15 is 0 Å². The molecule has 8 heteroatoms. The number of halogens is 3. The molecule has 1 N–H and O–H groups in total. The van der Waals surface area contributed by atoms with Gasteiger partial charge in [-0.25, -0.2) is 18.2 Å². The summed E-state index contributed by atoms with van der Waals surface area (Å²) in [6.45, 7) is 1.84. The van der Waals surface area contributed by atoms with Crippen molar-refractivity contribution >= 4 is 22.4 Å². The molecule has 134 valence electrons. The zero-order valence-corrected chi connectivity index (χ0v) is 14.6. The molecule has 0 aliphatic heterocycles. The van der Waals surface area contributed by atoms with Crippen molar-refractivity contribution in [2.75, 3.05) is 12.4 Å². The number of benzene rings is 2. The number of rotatable bonds is 4. The first-order valence-electron chi connectivity index (χ1n) is 7.46. The molecule has 0 saturated carbocycles. The second kappa shape index (κ2) is 7.17. The van der Waals surface area contributed by atoms with Crippen molar-refractivity contribution in [1.82, 2.24) is 4.98 Å². The van der Waals surface area contributed by atoms with Gasteiger partial charge in [0.05, 0.1) is 12.8 Å². The Balaban J connectivity index is 1.83. The van der Waals surface area contributed by atoms with E-state index in [1.807, 2.05) is 19.1 Å². The first kappa shape index (κ1) is 17.9. The van der Waals surface area contributed by atoms with E-state index in [4.69, 9.17) is 4.74 Å². The van der Waals surface area contributed by atoms with E-state index in [2.05, 4.69) is 10.3 Å². The van der Waals surface area contributed by atoms with Crippen molar-refractivity contribution in [1.29, 1.82) is 0 Å². The Bertz CT molecular complexity index is 948. The average molecular weight is 378 g/mol. The number of carbonyl (C=O) groups excluding carboxylic acids is 1. The minimum atomic E-state index is -1.62.